The van der Waals surface area contributed by atoms with Gasteiger partial charge < -0.3 is 24.6 Å². The lowest BCUT2D eigenvalue weighted by atomic mass is 10.1. The molecule has 0 fully saturated rings. The molecule has 0 amide bonds. The second-order valence-electron chi connectivity index (χ2n) is 5.07. The summed E-state index contributed by atoms with van der Waals surface area (Å²) >= 11 is 0. The molecule has 0 saturated heterocycles. The van der Waals surface area contributed by atoms with Crippen LogP contribution in [0.15, 0.2) is 18.2 Å². The molecule has 1 aromatic rings. The second kappa shape index (κ2) is 11.4. The molecule has 0 radical (unpaired) electrons. The number of rotatable bonds is 7. The van der Waals surface area contributed by atoms with Gasteiger partial charge in [0.05, 0.1) is 13.2 Å². The van der Waals surface area contributed by atoms with Crippen molar-refractivity contribution in [3.8, 4) is 5.75 Å². The molecule has 0 aliphatic heterocycles. The second-order valence-corrected chi connectivity index (χ2v) is 5.07. The molecule has 1 rings (SSSR count). The molecule has 1 aromatic carbocycles. The van der Waals surface area contributed by atoms with E-state index in [1.807, 2.05) is 26.2 Å². The van der Waals surface area contributed by atoms with E-state index in [1.54, 1.807) is 0 Å². The number of nitrogens with zero attached hydrogens (tertiary/aromatic N) is 1. The Morgan fingerprint density at radius 2 is 1.65 bits per heavy atom. The third-order valence-electron chi connectivity index (χ3n) is 2.91. The minimum absolute atomic E-state index is 0.609. The van der Waals surface area contributed by atoms with Crippen LogP contribution in [-0.2, 0) is 14.3 Å². The number of aryl methyl sites for hydroxylation is 1. The quantitative estimate of drug-likeness (QED) is 0.577. The predicted octanol–water partition coefficient (Wildman–Crippen LogP) is 1.42. The summed E-state index contributed by atoms with van der Waals surface area (Å²) < 4.78 is 11.2. The maximum atomic E-state index is 9.10. The Morgan fingerprint density at radius 1 is 1.04 bits per heavy atom. The van der Waals surface area contributed by atoms with Gasteiger partial charge >= 0.3 is 11.9 Å². The van der Waals surface area contributed by atoms with Crippen LogP contribution in [0.4, 0.5) is 0 Å². The average molecular weight is 327 g/mol. The summed E-state index contributed by atoms with van der Waals surface area (Å²) in [5.74, 6) is -2.69. The number of carbonyl (C=O) groups is 2. The zero-order chi connectivity index (χ0) is 17.8. The topological polar surface area (TPSA) is 96.3 Å². The van der Waals surface area contributed by atoms with E-state index in [2.05, 4.69) is 24.8 Å². The van der Waals surface area contributed by atoms with E-state index in [0.29, 0.717) is 13.2 Å². The molecule has 7 heteroatoms. The van der Waals surface area contributed by atoms with Gasteiger partial charge in [-0.15, -0.1) is 0 Å². The lowest BCUT2D eigenvalue weighted by Gasteiger charge is -2.12. The van der Waals surface area contributed by atoms with Gasteiger partial charge in [-0.1, -0.05) is 12.1 Å². The Bertz CT molecular complexity index is 489. The molecular weight excluding hydrogens is 302 g/mol. The van der Waals surface area contributed by atoms with Gasteiger partial charge in [-0.05, 0) is 45.1 Å². The van der Waals surface area contributed by atoms with Crippen molar-refractivity contribution >= 4 is 11.9 Å². The molecule has 0 unspecified atom stereocenters. The van der Waals surface area contributed by atoms with E-state index in [0.717, 1.165) is 18.9 Å². The summed E-state index contributed by atoms with van der Waals surface area (Å²) in [5, 5.41) is 14.8. The Morgan fingerprint density at radius 3 is 2.17 bits per heavy atom. The summed E-state index contributed by atoms with van der Waals surface area (Å²) in [6, 6.07) is 6.11. The fourth-order valence-corrected chi connectivity index (χ4v) is 1.44. The average Bonchev–Trinajstić information content (AvgIpc) is 2.47. The molecule has 0 aromatic heterocycles. The maximum Gasteiger partial charge on any atom is 0.414 e. The van der Waals surface area contributed by atoms with Crippen LogP contribution in [0.1, 0.15) is 11.1 Å². The van der Waals surface area contributed by atoms with Gasteiger partial charge in [0.1, 0.15) is 12.4 Å². The smallest absolute Gasteiger partial charge is 0.414 e. The van der Waals surface area contributed by atoms with E-state index < -0.39 is 11.9 Å². The highest BCUT2D eigenvalue weighted by molar-refractivity contribution is 6.27. The molecule has 0 atom stereocenters. The Labute approximate surface area is 136 Å². The highest BCUT2D eigenvalue weighted by Gasteiger charge is 2.04. The lowest BCUT2D eigenvalue weighted by molar-refractivity contribution is -0.159. The monoisotopic (exact) mass is 327 g/mol. The number of carboxylic acids is 2. The van der Waals surface area contributed by atoms with Crippen molar-refractivity contribution in [3.63, 3.8) is 0 Å². The molecular formula is C16H25NO6. The van der Waals surface area contributed by atoms with Crippen LogP contribution in [0.2, 0.25) is 0 Å². The summed E-state index contributed by atoms with van der Waals surface area (Å²) in [4.78, 5) is 20.3. The largest absolute Gasteiger partial charge is 0.491 e. The molecule has 0 aliphatic rings. The first kappa shape index (κ1) is 20.9. The molecule has 0 spiro atoms. The summed E-state index contributed by atoms with van der Waals surface area (Å²) in [7, 11) is 4.08. The van der Waals surface area contributed by atoms with Gasteiger partial charge in [0.2, 0.25) is 0 Å². The van der Waals surface area contributed by atoms with Crippen molar-refractivity contribution in [3.05, 3.63) is 29.3 Å². The number of ether oxygens (including phenoxy) is 2. The highest BCUT2D eigenvalue weighted by atomic mass is 16.5. The van der Waals surface area contributed by atoms with E-state index in [1.165, 1.54) is 11.1 Å². The van der Waals surface area contributed by atoms with Crippen molar-refractivity contribution in [1.82, 2.24) is 4.90 Å². The van der Waals surface area contributed by atoms with Gasteiger partial charge in [-0.3, -0.25) is 0 Å². The first-order valence-electron chi connectivity index (χ1n) is 7.13. The standard InChI is InChI=1S/C14H23NO2.C2H2O4/c1-12-6-5-7-14(13(12)2)17-11-10-16-9-8-15(3)4;3-1(4)2(5)6/h5-7H,8-11H2,1-4H3;(H,3,4)(H,5,6). The number of aliphatic carboxylic acids is 2. The van der Waals surface area contributed by atoms with Gasteiger partial charge in [-0.2, -0.15) is 0 Å². The first-order valence-corrected chi connectivity index (χ1v) is 7.13. The Hall–Kier alpha value is -2.12. The maximum absolute atomic E-state index is 9.10. The van der Waals surface area contributed by atoms with Crippen molar-refractivity contribution < 1.29 is 29.3 Å². The zero-order valence-electron chi connectivity index (χ0n) is 14.0. The van der Waals surface area contributed by atoms with Crippen LogP contribution in [0.3, 0.4) is 0 Å². The van der Waals surface area contributed by atoms with Crippen molar-refractivity contribution in [2.75, 3.05) is 40.5 Å². The van der Waals surface area contributed by atoms with Gasteiger partial charge in [-0.25, -0.2) is 9.59 Å². The van der Waals surface area contributed by atoms with E-state index in [4.69, 9.17) is 29.3 Å². The number of hydrogen-bond acceptors (Lipinski definition) is 5. The fourth-order valence-electron chi connectivity index (χ4n) is 1.44. The molecule has 0 bridgehead atoms. The molecule has 7 nitrogen and oxygen atoms in total. The van der Waals surface area contributed by atoms with Gasteiger partial charge in [0, 0.05) is 6.54 Å². The third kappa shape index (κ3) is 10.3. The van der Waals surface area contributed by atoms with Crippen LogP contribution in [0, 0.1) is 13.8 Å². The minimum atomic E-state index is -1.82. The van der Waals surface area contributed by atoms with E-state index >= 15 is 0 Å². The zero-order valence-corrected chi connectivity index (χ0v) is 14.0. The van der Waals surface area contributed by atoms with Crippen LogP contribution < -0.4 is 4.74 Å². The van der Waals surface area contributed by atoms with Crippen LogP contribution >= 0.6 is 0 Å². The molecule has 130 valence electrons. The van der Waals surface area contributed by atoms with Crippen LogP contribution in [0.5, 0.6) is 5.75 Å². The SMILES string of the molecule is Cc1cccc(OCCOCCN(C)C)c1C.O=C(O)C(=O)O. The van der Waals surface area contributed by atoms with Gasteiger partial charge in [0.25, 0.3) is 0 Å². The Balaban J connectivity index is 0.000000688. The first-order chi connectivity index (χ1) is 10.8. The van der Waals surface area contributed by atoms with Crippen LogP contribution in [-0.4, -0.2) is 67.5 Å². The summed E-state index contributed by atoms with van der Waals surface area (Å²) in [5.41, 5.74) is 2.47. The van der Waals surface area contributed by atoms with E-state index in [9.17, 15) is 0 Å². The molecule has 0 saturated carbocycles. The highest BCUT2D eigenvalue weighted by Crippen LogP contribution is 2.20. The van der Waals surface area contributed by atoms with Crippen molar-refractivity contribution in [1.29, 1.82) is 0 Å². The van der Waals surface area contributed by atoms with E-state index in [-0.39, 0.29) is 0 Å². The summed E-state index contributed by atoms with van der Waals surface area (Å²) in [6.07, 6.45) is 0. The number of carboxylic acid groups (broad SMARTS) is 2. The third-order valence-corrected chi connectivity index (χ3v) is 2.91. The Kier molecular flexibility index (Phi) is 10.4. The molecule has 2 N–H and O–H groups in total. The minimum Gasteiger partial charge on any atom is -0.491 e. The molecule has 0 heterocycles. The molecule has 0 aliphatic carbocycles. The number of hydrogen-bond donors (Lipinski definition) is 2. The van der Waals surface area contributed by atoms with Crippen molar-refractivity contribution in [2.45, 2.75) is 13.8 Å². The number of benzene rings is 1. The number of likely N-dealkylation sites (N-methyl/N-ethyl adjacent to an activating group) is 1. The van der Waals surface area contributed by atoms with Crippen molar-refractivity contribution in [2.24, 2.45) is 0 Å². The van der Waals surface area contributed by atoms with Gasteiger partial charge in [0.15, 0.2) is 0 Å². The lowest BCUT2D eigenvalue weighted by Crippen LogP contribution is -2.19. The van der Waals surface area contributed by atoms with Crippen LogP contribution in [0.25, 0.3) is 0 Å². The molecule has 23 heavy (non-hydrogen) atoms. The summed E-state index contributed by atoms with van der Waals surface area (Å²) in [6.45, 7) is 7.12. The fraction of sp³-hybridized carbons (Fsp3) is 0.500. The normalized spacial score (nSPS) is 9.96. The predicted molar refractivity (Wildman–Crippen MR) is 86.1 cm³/mol.